The van der Waals surface area contributed by atoms with Crippen LogP contribution in [0.5, 0.6) is 0 Å². The zero-order valence-electron chi connectivity index (χ0n) is 33.4. The molecule has 0 atom stereocenters. The molecule has 0 saturated heterocycles. The third kappa shape index (κ3) is 5.18. The van der Waals surface area contributed by atoms with E-state index in [1.165, 1.54) is 21.5 Å². The van der Waals surface area contributed by atoms with Gasteiger partial charge in [-0.1, -0.05) is 164 Å². The van der Waals surface area contributed by atoms with Crippen LogP contribution in [0.1, 0.15) is 0 Å². The van der Waals surface area contributed by atoms with Gasteiger partial charge in [-0.25, -0.2) is 15.0 Å². The van der Waals surface area contributed by atoms with E-state index in [0.717, 1.165) is 82.4 Å². The summed E-state index contributed by atoms with van der Waals surface area (Å²) in [5, 5.41) is 11.4. The number of hydrogen-bond acceptors (Lipinski definition) is 3. The van der Waals surface area contributed by atoms with Gasteiger partial charge < -0.3 is 9.13 Å². The van der Waals surface area contributed by atoms with E-state index >= 15 is 0 Å². The van der Waals surface area contributed by atoms with Crippen LogP contribution >= 0.6 is 0 Å². The third-order valence-electron chi connectivity index (χ3n) is 12.5. The van der Waals surface area contributed by atoms with Gasteiger partial charge in [-0.3, -0.25) is 0 Å². The molecule has 0 radical (unpaired) electrons. The van der Waals surface area contributed by atoms with Crippen LogP contribution < -0.4 is 0 Å². The number of benzene rings is 10. The highest BCUT2D eigenvalue weighted by Crippen LogP contribution is 2.43. The average molecular weight is 790 g/mol. The van der Waals surface area contributed by atoms with E-state index in [0.29, 0.717) is 17.5 Å². The Morgan fingerprint density at radius 1 is 0.290 bits per heavy atom. The summed E-state index contributed by atoms with van der Waals surface area (Å²) >= 11 is 0. The average Bonchev–Trinajstić information content (AvgIpc) is 3.85. The fourth-order valence-corrected chi connectivity index (χ4v) is 9.81. The largest absolute Gasteiger partial charge is 0.309 e. The lowest BCUT2D eigenvalue weighted by Crippen LogP contribution is -2.05. The van der Waals surface area contributed by atoms with Crippen molar-refractivity contribution in [1.82, 2.24) is 24.1 Å². The van der Waals surface area contributed by atoms with Crippen molar-refractivity contribution in [2.45, 2.75) is 0 Å². The van der Waals surface area contributed by atoms with E-state index in [4.69, 9.17) is 15.0 Å². The third-order valence-corrected chi connectivity index (χ3v) is 12.5. The van der Waals surface area contributed by atoms with Crippen molar-refractivity contribution in [1.29, 1.82) is 0 Å². The summed E-state index contributed by atoms with van der Waals surface area (Å²) in [5.41, 5.74) is 9.42. The molecule has 13 rings (SSSR count). The first kappa shape index (κ1) is 34.5. The maximum atomic E-state index is 5.60. The van der Waals surface area contributed by atoms with E-state index < -0.39 is 0 Å². The minimum Gasteiger partial charge on any atom is -0.309 e. The summed E-state index contributed by atoms with van der Waals surface area (Å²) in [6, 6.07) is 75.6. The molecule has 3 heterocycles. The fourth-order valence-electron chi connectivity index (χ4n) is 9.81. The van der Waals surface area contributed by atoms with Gasteiger partial charge in [0, 0.05) is 38.4 Å². The molecule has 288 valence electrons. The normalized spacial score (nSPS) is 11.9. The van der Waals surface area contributed by atoms with Gasteiger partial charge in [0.05, 0.1) is 33.3 Å². The quantitative estimate of drug-likeness (QED) is 0.174. The topological polar surface area (TPSA) is 48.5 Å². The fraction of sp³-hybridized carbons (Fsp3) is 0. The summed E-state index contributed by atoms with van der Waals surface area (Å²) in [5.74, 6) is 1.85. The predicted octanol–water partition coefficient (Wildman–Crippen LogP) is 14.5. The number of hydrogen-bond donors (Lipinski definition) is 0. The molecule has 0 amide bonds. The van der Waals surface area contributed by atoms with Crippen molar-refractivity contribution >= 4 is 75.9 Å². The Labute approximate surface area is 356 Å². The molecule has 3 aromatic heterocycles. The Morgan fingerprint density at radius 2 is 0.823 bits per heavy atom. The summed E-state index contributed by atoms with van der Waals surface area (Å²) < 4.78 is 4.75. The molecule has 0 aliphatic heterocycles. The smallest absolute Gasteiger partial charge is 0.166 e. The van der Waals surface area contributed by atoms with Gasteiger partial charge in [-0.05, 0) is 80.8 Å². The van der Waals surface area contributed by atoms with Crippen molar-refractivity contribution in [3.63, 3.8) is 0 Å². The van der Waals surface area contributed by atoms with E-state index in [9.17, 15) is 0 Å². The van der Waals surface area contributed by atoms with Crippen LogP contribution in [-0.4, -0.2) is 24.1 Å². The Bertz CT molecular complexity index is 3930. The Morgan fingerprint density at radius 3 is 1.61 bits per heavy atom. The number of rotatable bonds is 5. The lowest BCUT2D eigenvalue weighted by molar-refractivity contribution is 1.07. The van der Waals surface area contributed by atoms with E-state index in [1.807, 2.05) is 0 Å². The molecule has 0 unspecified atom stereocenters. The highest BCUT2D eigenvalue weighted by molar-refractivity contribution is 6.16. The Balaban J connectivity index is 1.16. The van der Waals surface area contributed by atoms with Crippen LogP contribution in [0, 0.1) is 0 Å². The Hall–Kier alpha value is -8.41. The summed E-state index contributed by atoms with van der Waals surface area (Å²) in [6.45, 7) is 0. The standard InChI is InChI=1S/C57H35N5/c1-2-21-40(22-3-1)61-49-30-13-11-26-45(49)53-46(28-15-31-50(53)61)56-58-55(44-27-14-20-36-16-6-8-23-41(36)44)59-57(60-56)54-42-24-9-7-17-37(42)32-33-51(54)62-48-29-12-10-25-43(48)47-34-38-18-4-5-19-39(38)35-52(47)62/h1-35H. The molecule has 13 aromatic rings. The number of aromatic nitrogens is 5. The number of nitrogens with zero attached hydrogens (tertiary/aromatic N) is 5. The molecule has 0 aliphatic carbocycles. The SMILES string of the molecule is c1ccc(-n2c3ccccc3c3c(-c4nc(-c5cccc6ccccc56)nc(-c5c(-n6c7ccccc7c7cc8ccccc8cc76)ccc6ccccc56)n4)cccc32)cc1. The van der Waals surface area contributed by atoms with Crippen molar-refractivity contribution < 1.29 is 0 Å². The maximum Gasteiger partial charge on any atom is 0.166 e. The van der Waals surface area contributed by atoms with Gasteiger partial charge in [0.15, 0.2) is 17.5 Å². The molecular weight excluding hydrogens is 755 g/mol. The summed E-state index contributed by atoms with van der Waals surface area (Å²) in [7, 11) is 0. The Kier molecular flexibility index (Phi) is 7.54. The van der Waals surface area contributed by atoms with Crippen LogP contribution in [0.15, 0.2) is 212 Å². The highest BCUT2D eigenvalue weighted by Gasteiger charge is 2.24. The van der Waals surface area contributed by atoms with Crippen LogP contribution in [0.2, 0.25) is 0 Å². The molecule has 62 heavy (non-hydrogen) atoms. The van der Waals surface area contributed by atoms with E-state index in [1.54, 1.807) is 0 Å². The van der Waals surface area contributed by atoms with Crippen LogP contribution in [-0.2, 0) is 0 Å². The molecule has 10 aromatic carbocycles. The van der Waals surface area contributed by atoms with Gasteiger partial charge >= 0.3 is 0 Å². The van der Waals surface area contributed by atoms with E-state index in [2.05, 4.69) is 221 Å². The lowest BCUT2D eigenvalue weighted by Gasteiger charge is -2.17. The molecule has 0 spiro atoms. The zero-order chi connectivity index (χ0) is 40.7. The van der Waals surface area contributed by atoms with Crippen LogP contribution in [0.25, 0.3) is 121 Å². The molecule has 5 nitrogen and oxygen atoms in total. The molecule has 0 aliphatic rings. The van der Waals surface area contributed by atoms with Crippen molar-refractivity contribution in [3.8, 4) is 45.5 Å². The number of fused-ring (bicyclic) bond motifs is 9. The first-order valence-electron chi connectivity index (χ1n) is 21.0. The van der Waals surface area contributed by atoms with Gasteiger partial charge in [0.1, 0.15) is 0 Å². The van der Waals surface area contributed by atoms with Crippen LogP contribution in [0.4, 0.5) is 0 Å². The summed E-state index contributed by atoms with van der Waals surface area (Å²) in [4.78, 5) is 16.6. The van der Waals surface area contributed by atoms with Crippen molar-refractivity contribution in [3.05, 3.63) is 212 Å². The monoisotopic (exact) mass is 789 g/mol. The second kappa shape index (κ2) is 13.6. The summed E-state index contributed by atoms with van der Waals surface area (Å²) in [6.07, 6.45) is 0. The van der Waals surface area contributed by atoms with Gasteiger partial charge in [-0.15, -0.1) is 0 Å². The molecule has 0 fully saturated rings. The zero-order valence-corrected chi connectivity index (χ0v) is 33.4. The second-order valence-electron chi connectivity index (χ2n) is 16.0. The molecule has 5 heteroatoms. The second-order valence-corrected chi connectivity index (χ2v) is 16.0. The van der Waals surface area contributed by atoms with Gasteiger partial charge in [0.25, 0.3) is 0 Å². The molecular formula is C57H35N5. The van der Waals surface area contributed by atoms with Crippen molar-refractivity contribution in [2.24, 2.45) is 0 Å². The minimum absolute atomic E-state index is 0.611. The predicted molar refractivity (Wildman–Crippen MR) is 257 cm³/mol. The molecule has 0 N–H and O–H groups in total. The van der Waals surface area contributed by atoms with Crippen LogP contribution in [0.3, 0.4) is 0 Å². The first-order valence-corrected chi connectivity index (χ1v) is 21.0. The lowest BCUT2D eigenvalue weighted by atomic mass is 10.00. The van der Waals surface area contributed by atoms with Crippen molar-refractivity contribution in [2.75, 3.05) is 0 Å². The molecule has 0 bridgehead atoms. The van der Waals surface area contributed by atoms with E-state index in [-0.39, 0.29) is 0 Å². The highest BCUT2D eigenvalue weighted by atomic mass is 15.1. The maximum absolute atomic E-state index is 5.60. The first-order chi connectivity index (χ1) is 30.8. The van der Waals surface area contributed by atoms with Gasteiger partial charge in [0.2, 0.25) is 0 Å². The number of para-hydroxylation sites is 3. The van der Waals surface area contributed by atoms with Gasteiger partial charge in [-0.2, -0.15) is 0 Å². The molecule has 0 saturated carbocycles. The minimum atomic E-state index is 0.611.